The molecule has 92 valence electrons. The Morgan fingerprint density at radius 2 is 1.94 bits per heavy atom. The van der Waals surface area contributed by atoms with Crippen LogP contribution in [0.5, 0.6) is 0 Å². The largest absolute Gasteiger partial charge is 0.478 e. The van der Waals surface area contributed by atoms with Gasteiger partial charge in [0.15, 0.2) is 0 Å². The van der Waals surface area contributed by atoms with Crippen molar-refractivity contribution in [2.24, 2.45) is 0 Å². The molecule has 0 atom stereocenters. The zero-order chi connectivity index (χ0) is 12.4. The number of nitrogens with two attached hydrogens (primary N) is 1. The predicted octanol–water partition coefficient (Wildman–Crippen LogP) is 0.719. The maximum atomic E-state index is 10.9. The lowest BCUT2D eigenvalue weighted by Crippen LogP contribution is -2.44. The number of nitrogen functional groups attached to an aromatic ring is 1. The van der Waals surface area contributed by atoms with Crippen LogP contribution in [0.3, 0.4) is 0 Å². The minimum Gasteiger partial charge on any atom is -0.478 e. The summed E-state index contributed by atoms with van der Waals surface area (Å²) in [6.07, 6.45) is 0. The van der Waals surface area contributed by atoms with Gasteiger partial charge in [-0.3, -0.25) is 0 Å². The molecule has 1 heterocycles. The van der Waals surface area contributed by atoms with Crippen LogP contribution in [0.1, 0.15) is 10.4 Å². The monoisotopic (exact) mass is 235 g/mol. The number of carboxylic acid groups (broad SMARTS) is 1. The van der Waals surface area contributed by atoms with Crippen molar-refractivity contribution in [3.8, 4) is 0 Å². The lowest BCUT2D eigenvalue weighted by molar-refractivity contribution is 0.0697. The van der Waals surface area contributed by atoms with Crippen LogP contribution in [0.25, 0.3) is 0 Å². The number of piperazine rings is 1. The number of rotatable bonds is 2. The van der Waals surface area contributed by atoms with Gasteiger partial charge in [-0.15, -0.1) is 0 Å². The molecular weight excluding hydrogens is 218 g/mol. The number of hydrogen-bond acceptors (Lipinski definition) is 4. The van der Waals surface area contributed by atoms with Crippen molar-refractivity contribution in [2.45, 2.75) is 0 Å². The van der Waals surface area contributed by atoms with Crippen molar-refractivity contribution in [3.63, 3.8) is 0 Å². The smallest absolute Gasteiger partial charge is 0.335 e. The van der Waals surface area contributed by atoms with E-state index in [-0.39, 0.29) is 5.56 Å². The first-order valence-electron chi connectivity index (χ1n) is 5.64. The molecule has 0 aromatic heterocycles. The van der Waals surface area contributed by atoms with Crippen molar-refractivity contribution in [3.05, 3.63) is 23.8 Å². The van der Waals surface area contributed by atoms with E-state index in [0.29, 0.717) is 5.69 Å². The fourth-order valence-corrected chi connectivity index (χ4v) is 2.00. The van der Waals surface area contributed by atoms with Crippen LogP contribution in [-0.4, -0.2) is 49.2 Å². The minimum atomic E-state index is -0.916. The highest BCUT2D eigenvalue weighted by molar-refractivity contribution is 5.90. The normalized spacial score (nSPS) is 17.1. The molecule has 5 nitrogen and oxygen atoms in total. The molecule has 0 spiro atoms. The standard InChI is InChI=1S/C12H17N3O2/c1-14-4-6-15(7-5-14)11-8-9(12(16)17)2-3-10(11)13/h2-3,8H,4-7,13H2,1H3,(H,16,17). The van der Waals surface area contributed by atoms with Gasteiger partial charge in [-0.25, -0.2) is 4.79 Å². The van der Waals surface area contributed by atoms with Crippen LogP contribution < -0.4 is 10.6 Å². The second-order valence-electron chi connectivity index (χ2n) is 4.37. The summed E-state index contributed by atoms with van der Waals surface area (Å²) in [6, 6.07) is 4.86. The Morgan fingerprint density at radius 3 is 2.53 bits per heavy atom. The third-order valence-corrected chi connectivity index (χ3v) is 3.12. The summed E-state index contributed by atoms with van der Waals surface area (Å²) >= 11 is 0. The second-order valence-corrected chi connectivity index (χ2v) is 4.37. The first-order chi connectivity index (χ1) is 8.08. The maximum absolute atomic E-state index is 10.9. The number of nitrogens with zero attached hydrogens (tertiary/aromatic N) is 2. The van der Waals surface area contributed by atoms with Crippen molar-refractivity contribution in [2.75, 3.05) is 43.9 Å². The van der Waals surface area contributed by atoms with Crippen LogP contribution in [-0.2, 0) is 0 Å². The third-order valence-electron chi connectivity index (χ3n) is 3.12. The van der Waals surface area contributed by atoms with E-state index in [9.17, 15) is 4.79 Å². The van der Waals surface area contributed by atoms with Crippen molar-refractivity contribution in [1.29, 1.82) is 0 Å². The van der Waals surface area contributed by atoms with Gasteiger partial charge in [-0.1, -0.05) is 0 Å². The van der Waals surface area contributed by atoms with Crippen molar-refractivity contribution < 1.29 is 9.90 Å². The highest BCUT2D eigenvalue weighted by Gasteiger charge is 2.17. The Bertz CT molecular complexity index is 426. The molecule has 17 heavy (non-hydrogen) atoms. The minimum absolute atomic E-state index is 0.285. The van der Waals surface area contributed by atoms with Crippen LogP contribution in [0.15, 0.2) is 18.2 Å². The van der Waals surface area contributed by atoms with Gasteiger partial charge in [0, 0.05) is 26.2 Å². The molecule has 1 aliphatic rings. The Kier molecular flexibility index (Phi) is 3.19. The first kappa shape index (κ1) is 11.7. The summed E-state index contributed by atoms with van der Waals surface area (Å²) in [7, 11) is 2.08. The van der Waals surface area contributed by atoms with Gasteiger partial charge in [0.25, 0.3) is 0 Å². The quantitative estimate of drug-likeness (QED) is 0.739. The number of aromatic carboxylic acids is 1. The molecule has 0 amide bonds. The first-order valence-corrected chi connectivity index (χ1v) is 5.64. The molecule has 2 rings (SSSR count). The number of hydrogen-bond donors (Lipinski definition) is 2. The molecule has 1 aromatic carbocycles. The van der Waals surface area contributed by atoms with E-state index in [1.54, 1.807) is 12.1 Å². The van der Waals surface area contributed by atoms with Crippen molar-refractivity contribution in [1.82, 2.24) is 4.90 Å². The second kappa shape index (κ2) is 4.63. The topological polar surface area (TPSA) is 69.8 Å². The summed E-state index contributed by atoms with van der Waals surface area (Å²) < 4.78 is 0. The fourth-order valence-electron chi connectivity index (χ4n) is 2.00. The molecule has 0 aliphatic carbocycles. The number of benzene rings is 1. The maximum Gasteiger partial charge on any atom is 0.335 e. The molecule has 1 saturated heterocycles. The lowest BCUT2D eigenvalue weighted by Gasteiger charge is -2.34. The Morgan fingerprint density at radius 1 is 1.29 bits per heavy atom. The van der Waals surface area contributed by atoms with E-state index in [4.69, 9.17) is 10.8 Å². The van der Waals surface area contributed by atoms with E-state index >= 15 is 0 Å². The molecule has 5 heteroatoms. The Hall–Kier alpha value is -1.75. The molecule has 1 fully saturated rings. The zero-order valence-electron chi connectivity index (χ0n) is 9.89. The van der Waals surface area contributed by atoms with Crippen LogP contribution >= 0.6 is 0 Å². The van der Waals surface area contributed by atoms with Gasteiger partial charge in [0.05, 0.1) is 16.9 Å². The zero-order valence-corrected chi connectivity index (χ0v) is 9.89. The van der Waals surface area contributed by atoms with Crippen molar-refractivity contribution >= 4 is 17.3 Å². The summed E-state index contributed by atoms with van der Waals surface area (Å²) in [5, 5.41) is 8.97. The van der Waals surface area contributed by atoms with E-state index < -0.39 is 5.97 Å². The summed E-state index contributed by atoms with van der Waals surface area (Å²) in [6.45, 7) is 3.70. The Balaban J connectivity index is 2.25. The predicted molar refractivity (Wildman–Crippen MR) is 67.5 cm³/mol. The number of anilines is 2. The highest BCUT2D eigenvalue weighted by atomic mass is 16.4. The van der Waals surface area contributed by atoms with E-state index in [2.05, 4.69) is 16.8 Å². The molecule has 3 N–H and O–H groups in total. The summed E-state index contributed by atoms with van der Waals surface area (Å²) in [5.74, 6) is -0.916. The van der Waals surface area contributed by atoms with Crippen LogP contribution in [0.4, 0.5) is 11.4 Å². The van der Waals surface area contributed by atoms with E-state index in [1.807, 2.05) is 0 Å². The average molecular weight is 235 g/mol. The van der Waals surface area contributed by atoms with Gasteiger partial charge >= 0.3 is 5.97 Å². The van der Waals surface area contributed by atoms with Gasteiger partial charge in [-0.2, -0.15) is 0 Å². The number of carboxylic acids is 1. The lowest BCUT2D eigenvalue weighted by atomic mass is 10.1. The highest BCUT2D eigenvalue weighted by Crippen LogP contribution is 2.25. The SMILES string of the molecule is CN1CCN(c2cc(C(=O)O)ccc2N)CC1. The number of likely N-dealkylation sites (N-methyl/N-ethyl adjacent to an activating group) is 1. The molecule has 0 saturated carbocycles. The fraction of sp³-hybridized carbons (Fsp3) is 0.417. The van der Waals surface area contributed by atoms with Crippen LogP contribution in [0.2, 0.25) is 0 Å². The van der Waals surface area contributed by atoms with E-state index in [0.717, 1.165) is 31.9 Å². The summed E-state index contributed by atoms with van der Waals surface area (Å²) in [4.78, 5) is 15.3. The summed E-state index contributed by atoms with van der Waals surface area (Å²) in [5.41, 5.74) is 7.66. The van der Waals surface area contributed by atoms with Gasteiger partial charge in [0.1, 0.15) is 0 Å². The van der Waals surface area contributed by atoms with Crippen LogP contribution in [0, 0.1) is 0 Å². The molecule has 1 aliphatic heterocycles. The van der Waals surface area contributed by atoms with Gasteiger partial charge < -0.3 is 20.6 Å². The number of carbonyl (C=O) groups is 1. The van der Waals surface area contributed by atoms with E-state index in [1.165, 1.54) is 6.07 Å². The molecular formula is C12H17N3O2. The van der Waals surface area contributed by atoms with Gasteiger partial charge in [0.2, 0.25) is 0 Å². The molecule has 0 bridgehead atoms. The van der Waals surface area contributed by atoms with Gasteiger partial charge in [-0.05, 0) is 25.2 Å². The molecule has 1 aromatic rings. The molecule has 0 unspecified atom stereocenters. The average Bonchev–Trinajstić information content (AvgIpc) is 2.31. The third kappa shape index (κ3) is 2.50. The Labute approximate surface area is 100 Å². The molecule has 0 radical (unpaired) electrons.